The molecule has 0 aromatic heterocycles. The van der Waals surface area contributed by atoms with E-state index < -0.39 is 0 Å². The van der Waals surface area contributed by atoms with Crippen molar-refractivity contribution in [1.29, 1.82) is 0 Å². The van der Waals surface area contributed by atoms with Gasteiger partial charge in [0.25, 0.3) is 0 Å². The quantitative estimate of drug-likeness (QED) is 0.747. The minimum Gasteiger partial charge on any atom is -0.392 e. The summed E-state index contributed by atoms with van der Waals surface area (Å²) in [6, 6.07) is 6.45. The van der Waals surface area contributed by atoms with Gasteiger partial charge in [0.2, 0.25) is 0 Å². The Morgan fingerprint density at radius 1 is 1.38 bits per heavy atom. The second-order valence-corrected chi connectivity index (χ2v) is 4.43. The zero-order chi connectivity index (χ0) is 9.26. The van der Waals surface area contributed by atoms with Crippen molar-refractivity contribution in [3.63, 3.8) is 0 Å². The highest BCUT2D eigenvalue weighted by Gasteiger charge is 2.23. The molecule has 0 heterocycles. The van der Waals surface area contributed by atoms with Crippen LogP contribution in [0.4, 0.5) is 0 Å². The van der Waals surface area contributed by atoms with Gasteiger partial charge in [0.05, 0.1) is 6.61 Å². The van der Waals surface area contributed by atoms with Gasteiger partial charge in [-0.15, -0.1) is 11.8 Å². The van der Waals surface area contributed by atoms with Crippen molar-refractivity contribution in [3.8, 4) is 0 Å². The molecule has 2 heteroatoms. The zero-order valence-corrected chi connectivity index (χ0v) is 8.60. The molecular weight excluding hydrogens is 180 g/mol. The maximum absolute atomic E-state index is 9.07. The molecule has 70 valence electrons. The molecule has 1 N–H and O–H groups in total. The first-order chi connectivity index (χ1) is 6.33. The van der Waals surface area contributed by atoms with Gasteiger partial charge in [-0.05, 0) is 48.3 Å². The molecule has 0 amide bonds. The van der Waals surface area contributed by atoms with Gasteiger partial charge in [0.1, 0.15) is 0 Å². The Morgan fingerprint density at radius 3 is 2.69 bits per heavy atom. The minimum absolute atomic E-state index is 0.161. The van der Waals surface area contributed by atoms with E-state index in [4.69, 9.17) is 5.11 Å². The second kappa shape index (κ2) is 3.72. The summed E-state index contributed by atoms with van der Waals surface area (Å²) < 4.78 is 0. The predicted octanol–water partition coefficient (Wildman–Crippen LogP) is 2.78. The van der Waals surface area contributed by atoms with Gasteiger partial charge in [-0.3, -0.25) is 0 Å². The van der Waals surface area contributed by atoms with Crippen LogP contribution < -0.4 is 0 Å². The van der Waals surface area contributed by atoms with Gasteiger partial charge < -0.3 is 5.11 Å². The predicted molar refractivity (Wildman–Crippen MR) is 56.1 cm³/mol. The fourth-order valence-electron chi connectivity index (χ4n) is 1.55. The van der Waals surface area contributed by atoms with E-state index >= 15 is 0 Å². The zero-order valence-electron chi connectivity index (χ0n) is 7.79. The van der Waals surface area contributed by atoms with E-state index in [1.54, 1.807) is 11.8 Å². The molecular formula is C11H14OS. The number of thioether (sulfide) groups is 1. The monoisotopic (exact) mass is 194 g/mol. The minimum atomic E-state index is 0.161. The first kappa shape index (κ1) is 9.10. The molecule has 1 saturated carbocycles. The maximum atomic E-state index is 9.07. The molecule has 13 heavy (non-hydrogen) atoms. The van der Waals surface area contributed by atoms with Crippen molar-refractivity contribution in [2.24, 2.45) is 0 Å². The molecule has 1 nitrogen and oxygen atoms in total. The Bertz CT molecular complexity index is 283. The molecule has 1 aliphatic carbocycles. The second-order valence-electron chi connectivity index (χ2n) is 3.55. The van der Waals surface area contributed by atoms with Crippen LogP contribution in [0.3, 0.4) is 0 Å². The third-order valence-corrected chi connectivity index (χ3v) is 3.16. The smallest absolute Gasteiger partial charge is 0.0682 e. The summed E-state index contributed by atoms with van der Waals surface area (Å²) in [7, 11) is 0. The first-order valence-electron chi connectivity index (χ1n) is 4.62. The molecule has 0 bridgehead atoms. The molecule has 0 unspecified atom stereocenters. The summed E-state index contributed by atoms with van der Waals surface area (Å²) in [6.45, 7) is 0.161. The molecule has 0 atom stereocenters. The van der Waals surface area contributed by atoms with E-state index in [1.807, 2.05) is 0 Å². The van der Waals surface area contributed by atoms with Crippen LogP contribution in [0.25, 0.3) is 0 Å². The number of aliphatic hydroxyl groups is 1. The third kappa shape index (κ3) is 2.06. The standard InChI is InChI=1S/C11H14OS/c1-13-11-5-8(7-12)4-10(6-11)9-2-3-9/h4-6,9,12H,2-3,7H2,1H3. The number of benzene rings is 1. The average Bonchev–Trinajstić information content (AvgIpc) is 3.00. The Labute approximate surface area is 83.2 Å². The summed E-state index contributed by atoms with van der Waals surface area (Å²) in [4.78, 5) is 1.27. The van der Waals surface area contributed by atoms with Crippen molar-refractivity contribution < 1.29 is 5.11 Å². The Kier molecular flexibility index (Phi) is 2.61. The lowest BCUT2D eigenvalue weighted by atomic mass is 10.1. The van der Waals surface area contributed by atoms with E-state index in [2.05, 4.69) is 24.5 Å². The van der Waals surface area contributed by atoms with E-state index in [1.165, 1.54) is 23.3 Å². The highest BCUT2D eigenvalue weighted by atomic mass is 32.2. The molecule has 0 radical (unpaired) electrons. The van der Waals surface area contributed by atoms with Gasteiger partial charge in [-0.2, -0.15) is 0 Å². The summed E-state index contributed by atoms with van der Waals surface area (Å²) in [5, 5.41) is 9.07. The van der Waals surface area contributed by atoms with Gasteiger partial charge in [0.15, 0.2) is 0 Å². The Balaban J connectivity index is 2.33. The molecule has 2 rings (SSSR count). The normalized spacial score (nSPS) is 16.2. The van der Waals surface area contributed by atoms with Crippen molar-refractivity contribution in [3.05, 3.63) is 29.3 Å². The van der Waals surface area contributed by atoms with Crippen LogP contribution in [-0.4, -0.2) is 11.4 Å². The topological polar surface area (TPSA) is 20.2 Å². The van der Waals surface area contributed by atoms with Crippen LogP contribution in [0.2, 0.25) is 0 Å². The number of hydrogen-bond acceptors (Lipinski definition) is 2. The van der Waals surface area contributed by atoms with Gasteiger partial charge in [-0.1, -0.05) is 6.07 Å². The highest BCUT2D eigenvalue weighted by molar-refractivity contribution is 7.98. The molecule has 1 aliphatic rings. The van der Waals surface area contributed by atoms with Crippen molar-refractivity contribution in [2.75, 3.05) is 6.26 Å². The Morgan fingerprint density at radius 2 is 2.15 bits per heavy atom. The molecule has 0 aliphatic heterocycles. The Hall–Kier alpha value is -0.470. The SMILES string of the molecule is CSc1cc(CO)cc(C2CC2)c1. The maximum Gasteiger partial charge on any atom is 0.0682 e. The lowest BCUT2D eigenvalue weighted by Crippen LogP contribution is -1.88. The molecule has 0 spiro atoms. The van der Waals surface area contributed by atoms with E-state index in [0.29, 0.717) is 0 Å². The molecule has 1 aromatic rings. The van der Waals surface area contributed by atoms with Crippen LogP contribution in [0.5, 0.6) is 0 Å². The molecule has 0 saturated heterocycles. The van der Waals surface area contributed by atoms with Crippen LogP contribution in [0.15, 0.2) is 23.1 Å². The van der Waals surface area contributed by atoms with E-state index in [-0.39, 0.29) is 6.61 Å². The van der Waals surface area contributed by atoms with Gasteiger partial charge >= 0.3 is 0 Å². The molecule has 1 aromatic carbocycles. The number of rotatable bonds is 3. The van der Waals surface area contributed by atoms with Crippen LogP contribution in [-0.2, 0) is 6.61 Å². The van der Waals surface area contributed by atoms with Crippen LogP contribution >= 0.6 is 11.8 Å². The summed E-state index contributed by atoms with van der Waals surface area (Å²) >= 11 is 1.75. The summed E-state index contributed by atoms with van der Waals surface area (Å²) in [6.07, 6.45) is 4.72. The van der Waals surface area contributed by atoms with Gasteiger partial charge in [0, 0.05) is 4.90 Å². The van der Waals surface area contributed by atoms with Crippen LogP contribution in [0, 0.1) is 0 Å². The lowest BCUT2D eigenvalue weighted by molar-refractivity contribution is 0.281. The van der Waals surface area contributed by atoms with E-state index in [9.17, 15) is 0 Å². The fourth-order valence-corrected chi connectivity index (χ4v) is 2.07. The fraction of sp³-hybridized carbons (Fsp3) is 0.455. The third-order valence-electron chi connectivity index (χ3n) is 2.46. The van der Waals surface area contributed by atoms with Crippen molar-refractivity contribution >= 4 is 11.8 Å². The van der Waals surface area contributed by atoms with E-state index in [0.717, 1.165) is 11.5 Å². The first-order valence-corrected chi connectivity index (χ1v) is 5.84. The highest BCUT2D eigenvalue weighted by Crippen LogP contribution is 2.41. The largest absolute Gasteiger partial charge is 0.392 e. The van der Waals surface area contributed by atoms with Crippen molar-refractivity contribution in [1.82, 2.24) is 0 Å². The van der Waals surface area contributed by atoms with Crippen molar-refractivity contribution in [2.45, 2.75) is 30.3 Å². The lowest BCUT2D eigenvalue weighted by Gasteiger charge is -2.05. The summed E-state index contributed by atoms with van der Waals surface area (Å²) in [5.41, 5.74) is 2.46. The average molecular weight is 194 g/mol. The number of aliphatic hydroxyl groups excluding tert-OH is 1. The molecule has 1 fully saturated rings. The van der Waals surface area contributed by atoms with Gasteiger partial charge in [-0.25, -0.2) is 0 Å². The number of hydrogen-bond donors (Lipinski definition) is 1. The van der Waals surface area contributed by atoms with Crippen LogP contribution in [0.1, 0.15) is 29.9 Å². The summed E-state index contributed by atoms with van der Waals surface area (Å²) in [5.74, 6) is 0.775.